The van der Waals surface area contributed by atoms with Crippen LogP contribution in [0.5, 0.6) is 0 Å². The van der Waals surface area contributed by atoms with Crippen LogP contribution in [0.2, 0.25) is 0 Å². The van der Waals surface area contributed by atoms with Crippen molar-refractivity contribution in [2.75, 3.05) is 26.3 Å². The highest BCUT2D eigenvalue weighted by Gasteiger charge is 2.32. The molecule has 0 aliphatic carbocycles. The fourth-order valence-corrected chi connectivity index (χ4v) is 2.75. The zero-order chi connectivity index (χ0) is 13.2. The van der Waals surface area contributed by atoms with Crippen LogP contribution in [0.1, 0.15) is 40.0 Å². The summed E-state index contributed by atoms with van der Waals surface area (Å²) in [5.41, 5.74) is 0.343. The molecule has 2 aliphatic heterocycles. The summed E-state index contributed by atoms with van der Waals surface area (Å²) in [6.07, 6.45) is 2.82. The second-order valence-electron chi connectivity index (χ2n) is 6.50. The van der Waals surface area contributed by atoms with Gasteiger partial charge in [0.25, 0.3) is 0 Å². The van der Waals surface area contributed by atoms with Crippen LogP contribution in [0.15, 0.2) is 0 Å². The number of hydrogen-bond donors (Lipinski definition) is 0. The lowest BCUT2D eigenvalue weighted by atomic mass is 9.75. The molecule has 2 saturated heterocycles. The maximum Gasteiger partial charge on any atom is 0.410 e. The van der Waals surface area contributed by atoms with E-state index in [0.717, 1.165) is 32.4 Å². The monoisotopic (exact) mass is 255 g/mol. The summed E-state index contributed by atoms with van der Waals surface area (Å²) in [4.78, 5) is 13.8. The molecule has 1 atom stereocenters. The number of rotatable bonds is 1. The summed E-state index contributed by atoms with van der Waals surface area (Å²) in [6, 6.07) is 0. The zero-order valence-corrected chi connectivity index (χ0v) is 11.8. The molecule has 0 spiro atoms. The number of carbonyl (C=O) groups excluding carboxylic acids is 1. The minimum absolute atomic E-state index is 0.0298. The molecule has 0 aromatic heterocycles. The minimum Gasteiger partial charge on any atom is -0.444 e. The van der Waals surface area contributed by atoms with Crippen molar-refractivity contribution < 1.29 is 14.3 Å². The Morgan fingerprint density at radius 2 is 1.89 bits per heavy atom. The van der Waals surface area contributed by atoms with Crippen molar-refractivity contribution in [1.29, 1.82) is 0 Å². The number of carbonyl (C=O) groups is 1. The summed E-state index contributed by atoms with van der Waals surface area (Å²) in [5.74, 6) is 0.705. The molecule has 2 heterocycles. The molecule has 0 bridgehead atoms. The molecular weight excluding hydrogens is 230 g/mol. The first-order valence-electron chi connectivity index (χ1n) is 7.00. The average Bonchev–Trinajstić information content (AvgIpc) is 2.81. The third-order valence-corrected chi connectivity index (χ3v) is 4.13. The van der Waals surface area contributed by atoms with Crippen molar-refractivity contribution in [2.45, 2.75) is 46.1 Å². The van der Waals surface area contributed by atoms with Crippen LogP contribution in [0.4, 0.5) is 4.79 Å². The standard InChI is InChI=1S/C14H25NO3/c1-14(2,3)11-4-7-15(8-5-11)13(16)18-12-6-9-17-10-12/h11-12H,4-10H2,1-3H3. The average molecular weight is 255 g/mol. The van der Waals surface area contributed by atoms with Gasteiger partial charge < -0.3 is 14.4 Å². The first-order chi connectivity index (χ1) is 8.47. The molecule has 0 radical (unpaired) electrons. The SMILES string of the molecule is CC(C)(C)C1CCN(C(=O)OC2CCOC2)CC1. The molecule has 1 amide bonds. The topological polar surface area (TPSA) is 38.8 Å². The summed E-state index contributed by atoms with van der Waals surface area (Å²) >= 11 is 0. The van der Waals surface area contributed by atoms with Gasteiger partial charge in [-0.05, 0) is 24.2 Å². The first-order valence-corrected chi connectivity index (χ1v) is 7.00. The summed E-state index contributed by atoms with van der Waals surface area (Å²) in [6.45, 7) is 9.77. The van der Waals surface area contributed by atoms with Crippen LogP contribution in [0, 0.1) is 11.3 Å². The van der Waals surface area contributed by atoms with Gasteiger partial charge in [-0.25, -0.2) is 4.79 Å². The molecule has 2 fully saturated rings. The largest absolute Gasteiger partial charge is 0.444 e. The number of ether oxygens (including phenoxy) is 2. The highest BCUT2D eigenvalue weighted by Crippen LogP contribution is 2.34. The molecule has 2 rings (SSSR count). The molecular formula is C14H25NO3. The Bertz CT molecular complexity index is 284. The quantitative estimate of drug-likeness (QED) is 0.723. The van der Waals surface area contributed by atoms with E-state index in [1.807, 2.05) is 4.90 Å². The van der Waals surface area contributed by atoms with E-state index in [-0.39, 0.29) is 12.2 Å². The van der Waals surface area contributed by atoms with E-state index in [1.165, 1.54) is 0 Å². The van der Waals surface area contributed by atoms with Crippen LogP contribution in [0.25, 0.3) is 0 Å². The normalized spacial score (nSPS) is 26.4. The van der Waals surface area contributed by atoms with Crippen LogP contribution < -0.4 is 0 Å². The van der Waals surface area contributed by atoms with Crippen molar-refractivity contribution in [3.05, 3.63) is 0 Å². The number of amides is 1. The number of likely N-dealkylation sites (tertiary alicyclic amines) is 1. The molecule has 104 valence electrons. The molecule has 4 nitrogen and oxygen atoms in total. The lowest BCUT2D eigenvalue weighted by Gasteiger charge is -2.38. The van der Waals surface area contributed by atoms with Gasteiger partial charge in [0.05, 0.1) is 13.2 Å². The van der Waals surface area contributed by atoms with Gasteiger partial charge in [0.2, 0.25) is 0 Å². The van der Waals surface area contributed by atoms with Crippen LogP contribution in [-0.4, -0.2) is 43.4 Å². The van der Waals surface area contributed by atoms with Gasteiger partial charge in [-0.3, -0.25) is 0 Å². The van der Waals surface area contributed by atoms with Crippen molar-refractivity contribution in [1.82, 2.24) is 4.90 Å². The maximum atomic E-state index is 12.0. The Labute approximate surface area is 110 Å². The van der Waals surface area contributed by atoms with Crippen molar-refractivity contribution in [2.24, 2.45) is 11.3 Å². The van der Waals surface area contributed by atoms with E-state index in [1.54, 1.807) is 0 Å². The second kappa shape index (κ2) is 5.47. The third-order valence-electron chi connectivity index (χ3n) is 4.13. The predicted molar refractivity (Wildman–Crippen MR) is 69.5 cm³/mol. The maximum absolute atomic E-state index is 12.0. The predicted octanol–water partition coefficient (Wildman–Crippen LogP) is 2.67. The molecule has 0 aromatic carbocycles. The van der Waals surface area contributed by atoms with Gasteiger partial charge >= 0.3 is 6.09 Å². The van der Waals surface area contributed by atoms with Crippen LogP contribution in [0.3, 0.4) is 0 Å². The number of nitrogens with zero attached hydrogens (tertiary/aromatic N) is 1. The summed E-state index contributed by atoms with van der Waals surface area (Å²) < 4.78 is 10.6. The second-order valence-corrected chi connectivity index (χ2v) is 6.50. The van der Waals surface area contributed by atoms with Gasteiger partial charge in [-0.2, -0.15) is 0 Å². The van der Waals surface area contributed by atoms with Crippen molar-refractivity contribution >= 4 is 6.09 Å². The van der Waals surface area contributed by atoms with Gasteiger partial charge in [0.1, 0.15) is 6.10 Å². The lowest BCUT2D eigenvalue weighted by Crippen LogP contribution is -2.42. The Morgan fingerprint density at radius 1 is 1.22 bits per heavy atom. The van der Waals surface area contributed by atoms with Crippen molar-refractivity contribution in [3.63, 3.8) is 0 Å². The van der Waals surface area contributed by atoms with E-state index in [0.29, 0.717) is 24.5 Å². The van der Waals surface area contributed by atoms with Gasteiger partial charge in [-0.15, -0.1) is 0 Å². The number of piperidine rings is 1. The lowest BCUT2D eigenvalue weighted by molar-refractivity contribution is 0.0382. The van der Waals surface area contributed by atoms with Gasteiger partial charge in [0, 0.05) is 19.5 Å². The Hall–Kier alpha value is -0.770. The molecule has 1 unspecified atom stereocenters. The van der Waals surface area contributed by atoms with E-state index >= 15 is 0 Å². The Morgan fingerprint density at radius 3 is 2.39 bits per heavy atom. The zero-order valence-electron chi connectivity index (χ0n) is 11.8. The molecule has 18 heavy (non-hydrogen) atoms. The summed E-state index contributed by atoms with van der Waals surface area (Å²) in [7, 11) is 0. The third kappa shape index (κ3) is 3.37. The Kier molecular flexibility index (Phi) is 4.15. The van der Waals surface area contributed by atoms with Gasteiger partial charge in [0.15, 0.2) is 0 Å². The van der Waals surface area contributed by atoms with E-state index in [9.17, 15) is 4.79 Å². The van der Waals surface area contributed by atoms with Crippen LogP contribution >= 0.6 is 0 Å². The fourth-order valence-electron chi connectivity index (χ4n) is 2.75. The van der Waals surface area contributed by atoms with Crippen molar-refractivity contribution in [3.8, 4) is 0 Å². The minimum atomic E-state index is -0.155. The molecule has 4 heteroatoms. The summed E-state index contributed by atoms with van der Waals surface area (Å²) in [5, 5.41) is 0. The molecule has 0 aromatic rings. The highest BCUT2D eigenvalue weighted by molar-refractivity contribution is 5.68. The number of hydrogen-bond acceptors (Lipinski definition) is 3. The smallest absolute Gasteiger partial charge is 0.410 e. The van der Waals surface area contributed by atoms with E-state index in [2.05, 4.69) is 20.8 Å². The molecule has 0 N–H and O–H groups in total. The van der Waals surface area contributed by atoms with E-state index < -0.39 is 0 Å². The van der Waals surface area contributed by atoms with Crippen LogP contribution in [-0.2, 0) is 9.47 Å². The molecule has 2 aliphatic rings. The highest BCUT2D eigenvalue weighted by atomic mass is 16.6. The fraction of sp³-hybridized carbons (Fsp3) is 0.929. The first kappa shape index (κ1) is 13.7. The molecule has 0 saturated carbocycles. The Balaban J connectivity index is 1.76. The van der Waals surface area contributed by atoms with Gasteiger partial charge in [-0.1, -0.05) is 20.8 Å². The van der Waals surface area contributed by atoms with E-state index in [4.69, 9.17) is 9.47 Å².